The lowest BCUT2D eigenvalue weighted by atomic mass is 10.2. The number of nitrogens with one attached hydrogen (secondary N) is 1. The van der Waals surface area contributed by atoms with E-state index in [1.165, 1.54) is 4.90 Å². The molecule has 0 saturated heterocycles. The van der Waals surface area contributed by atoms with Crippen LogP contribution >= 0.6 is 11.6 Å². The third-order valence-corrected chi connectivity index (χ3v) is 2.72. The molecule has 0 fully saturated rings. The first kappa shape index (κ1) is 16.2. The van der Waals surface area contributed by atoms with E-state index in [1.807, 2.05) is 0 Å². The van der Waals surface area contributed by atoms with Crippen LogP contribution in [0.25, 0.3) is 0 Å². The predicted molar refractivity (Wildman–Crippen MR) is 67.0 cm³/mol. The average Bonchev–Trinajstić information content (AvgIpc) is 2.32. The van der Waals surface area contributed by atoms with Gasteiger partial charge < -0.3 is 15.0 Å². The smallest absolute Gasteiger partial charge is 0.239 e. The van der Waals surface area contributed by atoms with Gasteiger partial charge in [0.05, 0.1) is 6.54 Å². The second-order valence-electron chi connectivity index (χ2n) is 3.95. The summed E-state index contributed by atoms with van der Waals surface area (Å²) in [5, 5.41) is 2.71. The molecule has 6 heteroatoms. The lowest BCUT2D eigenvalue weighted by Crippen LogP contribution is -2.41. The molecule has 0 bridgehead atoms. The number of likely N-dealkylation sites (N-methyl/N-ethyl adjacent to an activating group) is 1. The van der Waals surface area contributed by atoms with Crippen LogP contribution in [0.1, 0.15) is 13.3 Å². The van der Waals surface area contributed by atoms with Crippen LogP contribution in [0.3, 0.4) is 0 Å². The number of carbonyl (C=O) groups is 2. The standard InChI is InChI=1S/C11H21ClN2O3/c1-9(7-12)11(16)14(2)8-10(15)13-5-4-6-17-3/h9H,4-8H2,1-3H3,(H,13,15). The SMILES string of the molecule is COCCCNC(=O)CN(C)C(=O)C(C)CCl. The number of ether oxygens (including phenoxy) is 1. The van der Waals surface area contributed by atoms with Gasteiger partial charge in [-0.3, -0.25) is 9.59 Å². The molecule has 1 N–H and O–H groups in total. The molecule has 2 amide bonds. The quantitative estimate of drug-likeness (QED) is 0.512. The minimum absolute atomic E-state index is 0.0625. The van der Waals surface area contributed by atoms with Crippen molar-refractivity contribution in [2.75, 3.05) is 39.7 Å². The van der Waals surface area contributed by atoms with E-state index in [9.17, 15) is 9.59 Å². The van der Waals surface area contributed by atoms with Gasteiger partial charge >= 0.3 is 0 Å². The van der Waals surface area contributed by atoms with Gasteiger partial charge in [0.1, 0.15) is 0 Å². The van der Waals surface area contributed by atoms with Crippen LogP contribution < -0.4 is 5.32 Å². The zero-order valence-electron chi connectivity index (χ0n) is 10.7. The van der Waals surface area contributed by atoms with Crippen LogP contribution in [-0.2, 0) is 14.3 Å². The normalized spacial score (nSPS) is 12.0. The maximum absolute atomic E-state index is 11.6. The molecule has 17 heavy (non-hydrogen) atoms. The van der Waals surface area contributed by atoms with Crippen molar-refractivity contribution in [1.82, 2.24) is 10.2 Å². The monoisotopic (exact) mass is 264 g/mol. The zero-order valence-corrected chi connectivity index (χ0v) is 11.4. The Labute approximate surface area is 107 Å². The topological polar surface area (TPSA) is 58.6 Å². The molecule has 1 atom stereocenters. The number of methoxy groups -OCH3 is 1. The molecule has 0 spiro atoms. The van der Waals surface area contributed by atoms with E-state index in [4.69, 9.17) is 16.3 Å². The van der Waals surface area contributed by atoms with E-state index in [-0.39, 0.29) is 30.2 Å². The fourth-order valence-corrected chi connectivity index (χ4v) is 1.37. The Bertz CT molecular complexity index is 249. The number of amides is 2. The molecular weight excluding hydrogens is 244 g/mol. The third kappa shape index (κ3) is 7.18. The largest absolute Gasteiger partial charge is 0.385 e. The molecule has 0 aliphatic carbocycles. The van der Waals surface area contributed by atoms with Crippen LogP contribution in [0.15, 0.2) is 0 Å². The molecule has 0 heterocycles. The number of alkyl halides is 1. The van der Waals surface area contributed by atoms with Crippen molar-refractivity contribution >= 4 is 23.4 Å². The Balaban J connectivity index is 3.83. The minimum Gasteiger partial charge on any atom is -0.385 e. The average molecular weight is 265 g/mol. The molecule has 1 unspecified atom stereocenters. The van der Waals surface area contributed by atoms with Crippen LogP contribution in [0.4, 0.5) is 0 Å². The molecule has 100 valence electrons. The van der Waals surface area contributed by atoms with Gasteiger partial charge in [0.15, 0.2) is 0 Å². The van der Waals surface area contributed by atoms with E-state index in [2.05, 4.69) is 5.32 Å². The number of nitrogens with zero attached hydrogens (tertiary/aromatic N) is 1. The van der Waals surface area contributed by atoms with Crippen LogP contribution in [0, 0.1) is 5.92 Å². The molecule has 0 rings (SSSR count). The van der Waals surface area contributed by atoms with Gasteiger partial charge in [0.2, 0.25) is 11.8 Å². The van der Waals surface area contributed by atoms with Crippen molar-refractivity contribution in [1.29, 1.82) is 0 Å². The summed E-state index contributed by atoms with van der Waals surface area (Å²) in [6.45, 7) is 2.97. The number of halogens is 1. The van der Waals surface area contributed by atoms with E-state index in [0.29, 0.717) is 13.2 Å². The maximum atomic E-state index is 11.6. The molecule has 0 aromatic rings. The number of rotatable bonds is 8. The van der Waals surface area contributed by atoms with Crippen molar-refractivity contribution < 1.29 is 14.3 Å². The second kappa shape index (κ2) is 9.24. The highest BCUT2D eigenvalue weighted by molar-refractivity contribution is 6.19. The Hall–Kier alpha value is -0.810. The maximum Gasteiger partial charge on any atom is 0.239 e. The van der Waals surface area contributed by atoms with Crippen LogP contribution in [-0.4, -0.2) is 56.4 Å². The highest BCUT2D eigenvalue weighted by atomic mass is 35.5. The van der Waals surface area contributed by atoms with Gasteiger partial charge in [-0.05, 0) is 6.42 Å². The third-order valence-electron chi connectivity index (χ3n) is 2.26. The highest BCUT2D eigenvalue weighted by Crippen LogP contribution is 2.02. The summed E-state index contributed by atoms with van der Waals surface area (Å²) in [4.78, 5) is 24.5. The minimum atomic E-state index is -0.261. The zero-order chi connectivity index (χ0) is 13.3. The van der Waals surface area contributed by atoms with Crippen molar-refractivity contribution in [3.05, 3.63) is 0 Å². The first-order valence-electron chi connectivity index (χ1n) is 5.59. The van der Waals surface area contributed by atoms with Crippen LogP contribution in [0.5, 0.6) is 0 Å². The van der Waals surface area contributed by atoms with Gasteiger partial charge in [-0.2, -0.15) is 0 Å². The summed E-state index contributed by atoms with van der Waals surface area (Å²) in [6.07, 6.45) is 0.762. The van der Waals surface area contributed by atoms with Gasteiger partial charge in [-0.15, -0.1) is 11.6 Å². The lowest BCUT2D eigenvalue weighted by molar-refractivity contribution is -0.137. The fraction of sp³-hybridized carbons (Fsp3) is 0.818. The second-order valence-corrected chi connectivity index (χ2v) is 4.25. The molecule has 0 aromatic heterocycles. The molecule has 0 aliphatic rings. The molecule has 5 nitrogen and oxygen atoms in total. The molecule has 0 radical (unpaired) electrons. The number of hydrogen-bond donors (Lipinski definition) is 1. The highest BCUT2D eigenvalue weighted by Gasteiger charge is 2.18. The summed E-state index contributed by atoms with van der Waals surface area (Å²) in [5.41, 5.74) is 0. The lowest BCUT2D eigenvalue weighted by Gasteiger charge is -2.19. The number of carbonyl (C=O) groups excluding carboxylic acids is 2. The molecule has 0 aliphatic heterocycles. The van der Waals surface area contributed by atoms with Crippen molar-refractivity contribution in [2.45, 2.75) is 13.3 Å². The summed E-state index contributed by atoms with van der Waals surface area (Å²) in [7, 11) is 3.21. The van der Waals surface area contributed by atoms with Gasteiger partial charge in [-0.1, -0.05) is 6.92 Å². The molecular formula is C11H21ClN2O3. The van der Waals surface area contributed by atoms with E-state index < -0.39 is 0 Å². The fourth-order valence-electron chi connectivity index (χ4n) is 1.24. The Morgan fingerprint density at radius 1 is 1.47 bits per heavy atom. The van der Waals surface area contributed by atoms with Gasteiger partial charge in [0.25, 0.3) is 0 Å². The van der Waals surface area contributed by atoms with E-state index in [1.54, 1.807) is 21.1 Å². The summed E-state index contributed by atoms with van der Waals surface area (Å²) in [5.74, 6) is -0.285. The van der Waals surface area contributed by atoms with Crippen molar-refractivity contribution in [2.24, 2.45) is 5.92 Å². The van der Waals surface area contributed by atoms with Gasteiger partial charge in [-0.25, -0.2) is 0 Å². The van der Waals surface area contributed by atoms with Gasteiger partial charge in [0, 0.05) is 39.1 Å². The first-order valence-corrected chi connectivity index (χ1v) is 6.13. The number of hydrogen-bond acceptors (Lipinski definition) is 3. The predicted octanol–water partition coefficient (Wildman–Crippen LogP) is 0.472. The van der Waals surface area contributed by atoms with Crippen molar-refractivity contribution in [3.8, 4) is 0 Å². The summed E-state index contributed by atoms with van der Waals surface area (Å²) < 4.78 is 4.86. The molecule has 0 aromatic carbocycles. The Morgan fingerprint density at radius 3 is 2.65 bits per heavy atom. The first-order chi connectivity index (χ1) is 8.02. The summed E-state index contributed by atoms with van der Waals surface area (Å²) in [6, 6.07) is 0. The summed E-state index contributed by atoms with van der Waals surface area (Å²) >= 11 is 5.58. The van der Waals surface area contributed by atoms with Crippen LogP contribution in [0.2, 0.25) is 0 Å². The Kier molecular flexibility index (Phi) is 8.80. The molecule has 0 saturated carbocycles. The van der Waals surface area contributed by atoms with E-state index in [0.717, 1.165) is 6.42 Å². The Morgan fingerprint density at radius 2 is 2.12 bits per heavy atom. The van der Waals surface area contributed by atoms with E-state index >= 15 is 0 Å². The van der Waals surface area contributed by atoms with Crippen molar-refractivity contribution in [3.63, 3.8) is 0 Å².